The van der Waals surface area contributed by atoms with Gasteiger partial charge in [-0.25, -0.2) is 0 Å². The SMILES string of the molecule is CCc1cc(CC)cc(C(=O)CCNCC(O)COc2ccc(CC)cc2Br)c1. The molecule has 158 valence electrons. The molecule has 0 aliphatic carbocycles. The van der Waals surface area contributed by atoms with Crippen molar-refractivity contribution in [2.24, 2.45) is 0 Å². The Morgan fingerprint density at radius 1 is 1.03 bits per heavy atom. The molecule has 0 fully saturated rings. The lowest BCUT2D eigenvalue weighted by Gasteiger charge is -2.14. The van der Waals surface area contributed by atoms with Crippen molar-refractivity contribution in [2.75, 3.05) is 19.7 Å². The van der Waals surface area contributed by atoms with Crippen LogP contribution in [0.5, 0.6) is 5.75 Å². The summed E-state index contributed by atoms with van der Waals surface area (Å²) in [4.78, 5) is 12.5. The van der Waals surface area contributed by atoms with Gasteiger partial charge < -0.3 is 15.2 Å². The second kappa shape index (κ2) is 12.1. The molecule has 29 heavy (non-hydrogen) atoms. The van der Waals surface area contributed by atoms with Crippen molar-refractivity contribution in [3.05, 3.63) is 63.1 Å². The number of aryl methyl sites for hydroxylation is 3. The summed E-state index contributed by atoms with van der Waals surface area (Å²) in [5, 5.41) is 13.3. The van der Waals surface area contributed by atoms with Crippen LogP contribution >= 0.6 is 15.9 Å². The molecule has 0 heterocycles. The minimum atomic E-state index is -0.641. The molecule has 0 aliphatic heterocycles. The predicted molar refractivity (Wildman–Crippen MR) is 122 cm³/mol. The van der Waals surface area contributed by atoms with Gasteiger partial charge >= 0.3 is 0 Å². The first-order valence-corrected chi connectivity index (χ1v) is 11.2. The molecule has 0 bridgehead atoms. The number of hydrogen-bond acceptors (Lipinski definition) is 4. The molecule has 0 amide bonds. The molecule has 0 saturated carbocycles. The van der Waals surface area contributed by atoms with Gasteiger partial charge in [-0.05, 0) is 76.1 Å². The van der Waals surface area contributed by atoms with E-state index >= 15 is 0 Å². The number of benzene rings is 2. The van der Waals surface area contributed by atoms with Gasteiger partial charge in [0.25, 0.3) is 0 Å². The third-order valence-electron chi connectivity index (χ3n) is 4.94. The highest BCUT2D eigenvalue weighted by atomic mass is 79.9. The molecule has 1 unspecified atom stereocenters. The Labute approximate surface area is 182 Å². The molecule has 2 rings (SSSR count). The number of halogens is 1. The van der Waals surface area contributed by atoms with Gasteiger partial charge in [-0.3, -0.25) is 4.79 Å². The zero-order valence-electron chi connectivity index (χ0n) is 17.6. The lowest BCUT2D eigenvalue weighted by atomic mass is 9.99. The molecule has 2 N–H and O–H groups in total. The van der Waals surface area contributed by atoms with Crippen molar-refractivity contribution in [1.82, 2.24) is 5.32 Å². The normalized spacial score (nSPS) is 12.0. The van der Waals surface area contributed by atoms with E-state index in [0.29, 0.717) is 19.5 Å². The number of nitrogens with one attached hydrogen (secondary N) is 1. The van der Waals surface area contributed by atoms with Crippen molar-refractivity contribution in [1.29, 1.82) is 0 Å². The van der Waals surface area contributed by atoms with Crippen LogP contribution in [0.25, 0.3) is 0 Å². The molecule has 0 aromatic heterocycles. The number of aliphatic hydroxyl groups excluding tert-OH is 1. The molecule has 0 saturated heterocycles. The Morgan fingerprint density at radius 3 is 2.28 bits per heavy atom. The molecule has 5 heteroatoms. The van der Waals surface area contributed by atoms with Crippen LogP contribution in [0.1, 0.15) is 54.2 Å². The highest BCUT2D eigenvalue weighted by Gasteiger charge is 2.10. The second-order valence-corrected chi connectivity index (χ2v) is 8.06. The van der Waals surface area contributed by atoms with Gasteiger partial charge in [0, 0.05) is 25.1 Å². The molecular weight excluding hydrogens is 430 g/mol. The Morgan fingerprint density at radius 2 is 1.69 bits per heavy atom. The maximum Gasteiger partial charge on any atom is 0.164 e. The van der Waals surface area contributed by atoms with Gasteiger partial charge in [-0.15, -0.1) is 0 Å². The second-order valence-electron chi connectivity index (χ2n) is 7.21. The Balaban J connectivity index is 1.74. The molecule has 1 atom stereocenters. The van der Waals surface area contributed by atoms with Crippen LogP contribution in [0.3, 0.4) is 0 Å². The van der Waals surface area contributed by atoms with E-state index in [0.717, 1.165) is 35.0 Å². The van der Waals surface area contributed by atoms with Gasteiger partial charge in [-0.2, -0.15) is 0 Å². The van der Waals surface area contributed by atoms with Gasteiger partial charge in [0.2, 0.25) is 0 Å². The van der Waals surface area contributed by atoms with Crippen LogP contribution in [0, 0.1) is 0 Å². The third-order valence-corrected chi connectivity index (χ3v) is 5.56. The van der Waals surface area contributed by atoms with Crippen LogP contribution < -0.4 is 10.1 Å². The topological polar surface area (TPSA) is 58.6 Å². The summed E-state index contributed by atoms with van der Waals surface area (Å²) in [7, 11) is 0. The van der Waals surface area contributed by atoms with Gasteiger partial charge in [-0.1, -0.05) is 32.9 Å². The fourth-order valence-electron chi connectivity index (χ4n) is 3.07. The number of hydrogen-bond donors (Lipinski definition) is 2. The first-order valence-electron chi connectivity index (χ1n) is 10.4. The van der Waals surface area contributed by atoms with E-state index in [9.17, 15) is 9.90 Å². The zero-order valence-corrected chi connectivity index (χ0v) is 19.2. The van der Waals surface area contributed by atoms with Gasteiger partial charge in [0.05, 0.1) is 4.47 Å². The van der Waals surface area contributed by atoms with Crippen molar-refractivity contribution in [3.63, 3.8) is 0 Å². The molecule has 2 aromatic rings. The summed E-state index contributed by atoms with van der Waals surface area (Å²) in [5.74, 6) is 0.854. The number of carbonyl (C=O) groups excluding carboxylic acids is 1. The third kappa shape index (κ3) is 7.57. The van der Waals surface area contributed by atoms with Crippen molar-refractivity contribution < 1.29 is 14.6 Å². The van der Waals surface area contributed by atoms with E-state index in [1.165, 1.54) is 16.7 Å². The summed E-state index contributed by atoms with van der Waals surface area (Å²) < 4.78 is 6.58. The van der Waals surface area contributed by atoms with Crippen molar-refractivity contribution in [3.8, 4) is 5.75 Å². The fourth-order valence-corrected chi connectivity index (χ4v) is 3.61. The number of ether oxygens (including phenoxy) is 1. The average Bonchev–Trinajstić information content (AvgIpc) is 2.75. The predicted octanol–water partition coefficient (Wildman–Crippen LogP) is 4.74. The summed E-state index contributed by atoms with van der Waals surface area (Å²) in [6.07, 6.45) is 2.59. The first-order chi connectivity index (χ1) is 14.0. The zero-order chi connectivity index (χ0) is 21.2. The summed E-state index contributed by atoms with van der Waals surface area (Å²) in [6.45, 7) is 7.42. The number of rotatable bonds is 12. The minimum Gasteiger partial charge on any atom is -0.490 e. The summed E-state index contributed by atoms with van der Waals surface area (Å²) in [6, 6.07) is 12.1. The molecule has 0 aliphatic rings. The largest absolute Gasteiger partial charge is 0.490 e. The maximum absolute atomic E-state index is 12.5. The monoisotopic (exact) mass is 461 g/mol. The summed E-state index contributed by atoms with van der Waals surface area (Å²) in [5.41, 5.74) is 4.41. The van der Waals surface area contributed by atoms with Crippen LogP contribution in [0.15, 0.2) is 40.9 Å². The Hall–Kier alpha value is -1.69. The molecule has 0 spiro atoms. The first kappa shape index (κ1) is 23.6. The Bertz CT molecular complexity index is 784. The lowest BCUT2D eigenvalue weighted by molar-refractivity contribution is 0.0962. The molecule has 0 radical (unpaired) electrons. The number of aliphatic hydroxyl groups is 1. The van der Waals surface area contributed by atoms with Crippen LogP contribution in [0.4, 0.5) is 0 Å². The van der Waals surface area contributed by atoms with Crippen LogP contribution in [0.2, 0.25) is 0 Å². The van der Waals surface area contributed by atoms with E-state index < -0.39 is 6.10 Å². The molecule has 4 nitrogen and oxygen atoms in total. The van der Waals surface area contributed by atoms with Gasteiger partial charge in [0.15, 0.2) is 5.78 Å². The van der Waals surface area contributed by atoms with E-state index in [2.05, 4.69) is 48.1 Å². The fraction of sp³-hybridized carbons (Fsp3) is 0.458. The maximum atomic E-state index is 12.5. The van der Waals surface area contributed by atoms with Crippen molar-refractivity contribution >= 4 is 21.7 Å². The quantitative estimate of drug-likeness (QED) is 0.354. The van der Waals surface area contributed by atoms with Crippen molar-refractivity contribution in [2.45, 2.75) is 52.6 Å². The van der Waals surface area contributed by atoms with Gasteiger partial charge in [0.1, 0.15) is 18.5 Å². The molecule has 2 aromatic carbocycles. The highest BCUT2D eigenvalue weighted by Crippen LogP contribution is 2.26. The Kier molecular flexibility index (Phi) is 9.85. The standard InChI is InChI=1S/C24H32BrNO3/c1-4-17-7-8-24(22(25)14-17)29-16-21(27)15-26-10-9-23(28)20-12-18(5-2)11-19(6-3)13-20/h7-8,11-14,21,26-27H,4-6,9-10,15-16H2,1-3H3. The van der Waals surface area contributed by atoms with E-state index in [1.807, 2.05) is 30.3 Å². The number of Topliss-reactive ketones (excluding diaryl/α,β-unsaturated/α-hetero) is 1. The lowest BCUT2D eigenvalue weighted by Crippen LogP contribution is -2.32. The smallest absolute Gasteiger partial charge is 0.164 e. The van der Waals surface area contributed by atoms with Crippen LogP contribution in [-0.4, -0.2) is 36.7 Å². The van der Waals surface area contributed by atoms with E-state index in [4.69, 9.17) is 4.74 Å². The number of carbonyl (C=O) groups is 1. The molecular formula is C24H32BrNO3. The number of ketones is 1. The average molecular weight is 462 g/mol. The van der Waals surface area contributed by atoms with E-state index in [1.54, 1.807) is 0 Å². The summed E-state index contributed by atoms with van der Waals surface area (Å²) >= 11 is 3.50. The van der Waals surface area contributed by atoms with Crippen LogP contribution in [-0.2, 0) is 19.3 Å². The minimum absolute atomic E-state index is 0.133. The van der Waals surface area contributed by atoms with E-state index in [-0.39, 0.29) is 12.4 Å². The highest BCUT2D eigenvalue weighted by molar-refractivity contribution is 9.10.